The zero-order chi connectivity index (χ0) is 22.6. The van der Waals surface area contributed by atoms with E-state index in [-0.39, 0.29) is 18.0 Å². The summed E-state index contributed by atoms with van der Waals surface area (Å²) >= 11 is 0. The molecule has 3 heterocycles. The number of carbonyl (C=O) groups excluding carboxylic acids is 1. The molecule has 1 aromatic rings. The SMILES string of the molecule is CN1CCN(c2cc(OC3CCN(C(=O)OC(C)(C)C)CC3)cc(/C(N)=N/O)n2)CC1. The average Bonchev–Trinajstić information content (AvgIpc) is 2.72. The molecule has 0 aliphatic carbocycles. The first-order valence-corrected chi connectivity index (χ1v) is 10.7. The molecule has 10 heteroatoms. The first kappa shape index (κ1) is 22.9. The Balaban J connectivity index is 1.67. The molecule has 172 valence electrons. The number of anilines is 1. The molecule has 0 unspecified atom stereocenters. The Bertz CT molecular complexity index is 794. The molecule has 2 aliphatic heterocycles. The predicted octanol–water partition coefficient (Wildman–Crippen LogP) is 1.71. The third-order valence-electron chi connectivity index (χ3n) is 5.38. The maximum atomic E-state index is 12.3. The predicted molar refractivity (Wildman–Crippen MR) is 118 cm³/mol. The maximum Gasteiger partial charge on any atom is 0.410 e. The summed E-state index contributed by atoms with van der Waals surface area (Å²) < 4.78 is 11.7. The molecule has 0 bridgehead atoms. The van der Waals surface area contributed by atoms with Crippen molar-refractivity contribution >= 4 is 17.7 Å². The van der Waals surface area contributed by atoms with Gasteiger partial charge in [-0.2, -0.15) is 0 Å². The van der Waals surface area contributed by atoms with Crippen molar-refractivity contribution in [2.75, 3.05) is 51.2 Å². The largest absolute Gasteiger partial charge is 0.490 e. The number of likely N-dealkylation sites (N-methyl/N-ethyl adjacent to an activating group) is 1. The van der Waals surface area contributed by atoms with Crippen LogP contribution < -0.4 is 15.4 Å². The van der Waals surface area contributed by atoms with Gasteiger partial charge in [0, 0.05) is 64.2 Å². The second-order valence-corrected chi connectivity index (χ2v) is 9.11. The third kappa shape index (κ3) is 6.36. The van der Waals surface area contributed by atoms with Gasteiger partial charge in [-0.05, 0) is 27.8 Å². The molecule has 10 nitrogen and oxygen atoms in total. The molecule has 0 saturated carbocycles. The van der Waals surface area contributed by atoms with Crippen LogP contribution in [0.5, 0.6) is 5.75 Å². The van der Waals surface area contributed by atoms with Gasteiger partial charge >= 0.3 is 6.09 Å². The van der Waals surface area contributed by atoms with Crippen LogP contribution in [0.1, 0.15) is 39.3 Å². The van der Waals surface area contributed by atoms with Gasteiger partial charge in [0.25, 0.3) is 0 Å². The molecule has 0 spiro atoms. The second-order valence-electron chi connectivity index (χ2n) is 9.11. The fraction of sp³-hybridized carbons (Fsp3) is 0.667. The van der Waals surface area contributed by atoms with Crippen molar-refractivity contribution in [3.05, 3.63) is 17.8 Å². The lowest BCUT2D eigenvalue weighted by Gasteiger charge is -2.34. The smallest absolute Gasteiger partial charge is 0.410 e. The number of carbonyl (C=O) groups is 1. The zero-order valence-corrected chi connectivity index (χ0v) is 18.9. The number of ether oxygens (including phenoxy) is 2. The van der Waals surface area contributed by atoms with Gasteiger partial charge in [-0.15, -0.1) is 0 Å². The molecule has 0 atom stereocenters. The van der Waals surface area contributed by atoms with E-state index in [4.69, 9.17) is 20.4 Å². The minimum atomic E-state index is -0.508. The summed E-state index contributed by atoms with van der Waals surface area (Å²) in [7, 11) is 2.09. The van der Waals surface area contributed by atoms with Crippen LogP contribution in [-0.4, -0.2) is 89.9 Å². The maximum absolute atomic E-state index is 12.3. The summed E-state index contributed by atoms with van der Waals surface area (Å²) in [6.45, 7) is 10.3. The van der Waals surface area contributed by atoms with Crippen molar-refractivity contribution in [2.45, 2.75) is 45.3 Å². The normalized spacial score (nSPS) is 19.4. The number of amides is 1. The van der Waals surface area contributed by atoms with E-state index in [9.17, 15) is 4.79 Å². The van der Waals surface area contributed by atoms with Crippen molar-refractivity contribution in [1.29, 1.82) is 0 Å². The Morgan fingerprint density at radius 1 is 1.16 bits per heavy atom. The molecular formula is C21H34N6O4. The number of likely N-dealkylation sites (tertiary alicyclic amines) is 1. The highest BCUT2D eigenvalue weighted by Crippen LogP contribution is 2.26. The molecule has 2 fully saturated rings. The number of aromatic nitrogens is 1. The molecule has 2 saturated heterocycles. The molecule has 0 aromatic carbocycles. The quantitative estimate of drug-likeness (QED) is 0.318. The molecular weight excluding hydrogens is 400 g/mol. The van der Waals surface area contributed by atoms with Crippen LogP contribution in [-0.2, 0) is 4.74 Å². The monoisotopic (exact) mass is 434 g/mol. The Kier molecular flexibility index (Phi) is 7.09. The lowest BCUT2D eigenvalue weighted by molar-refractivity contribution is 0.0126. The van der Waals surface area contributed by atoms with Gasteiger partial charge in [-0.25, -0.2) is 9.78 Å². The van der Waals surface area contributed by atoms with Crippen LogP contribution >= 0.6 is 0 Å². The van der Waals surface area contributed by atoms with E-state index < -0.39 is 5.60 Å². The highest BCUT2D eigenvalue weighted by Gasteiger charge is 2.28. The number of nitrogens with two attached hydrogens (primary N) is 1. The van der Waals surface area contributed by atoms with Crippen molar-refractivity contribution in [1.82, 2.24) is 14.8 Å². The topological polar surface area (TPSA) is 117 Å². The van der Waals surface area contributed by atoms with E-state index in [0.29, 0.717) is 37.4 Å². The van der Waals surface area contributed by atoms with Crippen LogP contribution in [0.4, 0.5) is 10.6 Å². The van der Waals surface area contributed by atoms with Gasteiger partial charge in [0.05, 0.1) is 0 Å². The lowest BCUT2D eigenvalue weighted by atomic mass is 10.1. The van der Waals surface area contributed by atoms with E-state index in [2.05, 4.69) is 27.0 Å². The van der Waals surface area contributed by atoms with Gasteiger partial charge < -0.3 is 35.1 Å². The Morgan fingerprint density at radius 2 is 1.81 bits per heavy atom. The van der Waals surface area contributed by atoms with Crippen molar-refractivity contribution in [3.63, 3.8) is 0 Å². The summed E-state index contributed by atoms with van der Waals surface area (Å²) in [5, 5.41) is 12.2. The van der Waals surface area contributed by atoms with Crippen LogP contribution in [0.25, 0.3) is 0 Å². The number of amidine groups is 1. The Hall–Kier alpha value is -2.75. The summed E-state index contributed by atoms with van der Waals surface area (Å²) in [5.74, 6) is 1.32. The standard InChI is InChI=1S/C21H34N6O4/c1-21(2,3)31-20(28)27-7-5-15(6-8-27)30-16-13-17(19(22)24-29)23-18(14-16)26-11-9-25(4)10-12-26/h13-15,29H,5-12H2,1-4H3,(H2,22,24). The molecule has 0 radical (unpaired) electrons. The van der Waals surface area contributed by atoms with Gasteiger partial charge in [0.15, 0.2) is 5.84 Å². The minimum absolute atomic E-state index is 0.0402. The summed E-state index contributed by atoms with van der Waals surface area (Å²) in [4.78, 5) is 23.0. The fourth-order valence-corrected chi connectivity index (χ4v) is 3.61. The van der Waals surface area contributed by atoms with Gasteiger partial charge in [-0.3, -0.25) is 0 Å². The number of nitrogens with zero attached hydrogens (tertiary/aromatic N) is 5. The Morgan fingerprint density at radius 3 is 2.39 bits per heavy atom. The van der Waals surface area contributed by atoms with E-state index in [0.717, 1.165) is 32.0 Å². The van der Waals surface area contributed by atoms with Crippen molar-refractivity contribution < 1.29 is 19.5 Å². The summed E-state index contributed by atoms with van der Waals surface area (Å²) in [6.07, 6.45) is 1.07. The lowest BCUT2D eigenvalue weighted by Crippen LogP contribution is -2.45. The first-order chi connectivity index (χ1) is 14.6. The molecule has 31 heavy (non-hydrogen) atoms. The van der Waals surface area contributed by atoms with Crippen LogP contribution in [0, 0.1) is 0 Å². The summed E-state index contributed by atoms with van der Waals surface area (Å²) in [6, 6.07) is 3.59. The van der Waals surface area contributed by atoms with Gasteiger partial charge in [-0.1, -0.05) is 5.16 Å². The number of pyridine rings is 1. The number of oxime groups is 1. The van der Waals surface area contributed by atoms with E-state index in [1.807, 2.05) is 26.8 Å². The van der Waals surface area contributed by atoms with E-state index in [1.54, 1.807) is 11.0 Å². The number of rotatable bonds is 4. The van der Waals surface area contributed by atoms with Gasteiger partial charge in [0.1, 0.15) is 29.0 Å². The van der Waals surface area contributed by atoms with Crippen molar-refractivity contribution in [3.8, 4) is 5.75 Å². The van der Waals surface area contributed by atoms with E-state index >= 15 is 0 Å². The molecule has 2 aliphatic rings. The highest BCUT2D eigenvalue weighted by molar-refractivity contribution is 5.95. The molecule has 3 N–H and O–H groups in total. The third-order valence-corrected chi connectivity index (χ3v) is 5.38. The van der Waals surface area contributed by atoms with Crippen LogP contribution in [0.15, 0.2) is 17.3 Å². The fourth-order valence-electron chi connectivity index (χ4n) is 3.61. The molecule has 3 rings (SSSR count). The first-order valence-electron chi connectivity index (χ1n) is 10.7. The number of hydrogen-bond acceptors (Lipinski definition) is 8. The highest BCUT2D eigenvalue weighted by atomic mass is 16.6. The van der Waals surface area contributed by atoms with E-state index in [1.165, 1.54) is 0 Å². The van der Waals surface area contributed by atoms with Crippen LogP contribution in [0.3, 0.4) is 0 Å². The van der Waals surface area contributed by atoms with Crippen molar-refractivity contribution in [2.24, 2.45) is 10.9 Å². The number of hydrogen-bond donors (Lipinski definition) is 2. The van der Waals surface area contributed by atoms with Crippen LogP contribution in [0.2, 0.25) is 0 Å². The number of piperidine rings is 1. The average molecular weight is 435 g/mol. The van der Waals surface area contributed by atoms with Gasteiger partial charge in [0.2, 0.25) is 0 Å². The number of piperazine rings is 1. The minimum Gasteiger partial charge on any atom is -0.490 e. The molecule has 1 aromatic heterocycles. The zero-order valence-electron chi connectivity index (χ0n) is 18.9. The Labute approximate surface area is 183 Å². The molecule has 1 amide bonds. The summed E-state index contributed by atoms with van der Waals surface area (Å²) in [5.41, 5.74) is 5.68. The second kappa shape index (κ2) is 9.59.